The number of piperidine rings is 1. The van der Waals surface area contributed by atoms with Crippen LogP contribution >= 0.6 is 11.8 Å². The van der Waals surface area contributed by atoms with Crippen LogP contribution in [0.15, 0.2) is 24.3 Å². The summed E-state index contributed by atoms with van der Waals surface area (Å²) in [6, 6.07) is 5.68. The summed E-state index contributed by atoms with van der Waals surface area (Å²) in [6.45, 7) is 4.50. The molecule has 2 fully saturated rings. The maximum atomic E-state index is 13.1. The first-order valence-corrected chi connectivity index (χ1v) is 9.28. The zero-order valence-corrected chi connectivity index (χ0v) is 14.6. The van der Waals surface area contributed by atoms with E-state index in [1.54, 1.807) is 11.8 Å². The van der Waals surface area contributed by atoms with Crippen molar-refractivity contribution in [3.8, 4) is 0 Å². The maximum Gasteiger partial charge on any atom is 0.317 e. The van der Waals surface area contributed by atoms with E-state index in [0.717, 1.165) is 18.6 Å². The Balaban J connectivity index is 1.70. The molecule has 0 saturated carbocycles. The number of hydrogen-bond acceptors (Lipinski definition) is 3. The first-order valence-electron chi connectivity index (χ1n) is 8.30. The van der Waals surface area contributed by atoms with Gasteiger partial charge in [-0.1, -0.05) is 0 Å². The van der Waals surface area contributed by atoms with Gasteiger partial charge in [0.15, 0.2) is 0 Å². The van der Waals surface area contributed by atoms with E-state index >= 15 is 0 Å². The van der Waals surface area contributed by atoms with E-state index in [9.17, 15) is 14.0 Å². The van der Waals surface area contributed by atoms with Crippen LogP contribution in [-0.2, 0) is 0 Å². The van der Waals surface area contributed by atoms with Gasteiger partial charge in [0.25, 0.3) is 5.91 Å². The van der Waals surface area contributed by atoms with Crippen LogP contribution in [-0.4, -0.2) is 58.5 Å². The SMILES string of the molecule is CCNC(=O)N1CCC2(CC1)SCCN2C(=O)c1ccc(F)cc1. The van der Waals surface area contributed by atoms with Crippen molar-refractivity contribution in [1.82, 2.24) is 15.1 Å². The zero-order chi connectivity index (χ0) is 17.2. The van der Waals surface area contributed by atoms with Crippen LogP contribution in [0, 0.1) is 5.82 Å². The molecular weight excluding hydrogens is 329 g/mol. The summed E-state index contributed by atoms with van der Waals surface area (Å²) in [5.41, 5.74) is 0.518. The van der Waals surface area contributed by atoms with E-state index < -0.39 is 0 Å². The van der Waals surface area contributed by atoms with Gasteiger partial charge in [-0.05, 0) is 44.0 Å². The molecule has 0 radical (unpaired) electrons. The summed E-state index contributed by atoms with van der Waals surface area (Å²) in [5, 5.41) is 2.82. The molecular formula is C17H22FN3O2S. The molecule has 5 nitrogen and oxygen atoms in total. The molecule has 0 atom stereocenters. The molecule has 7 heteroatoms. The predicted molar refractivity (Wildman–Crippen MR) is 92.5 cm³/mol. The van der Waals surface area contributed by atoms with Gasteiger partial charge in [0.05, 0.1) is 4.87 Å². The second-order valence-corrected chi connectivity index (χ2v) is 7.54. The largest absolute Gasteiger partial charge is 0.338 e. The van der Waals surface area contributed by atoms with Crippen LogP contribution in [0.2, 0.25) is 0 Å². The normalized spacial score (nSPS) is 19.6. The Hall–Kier alpha value is -1.76. The Morgan fingerprint density at radius 2 is 1.88 bits per heavy atom. The maximum absolute atomic E-state index is 13.1. The quantitative estimate of drug-likeness (QED) is 0.891. The molecule has 1 aromatic rings. The second kappa shape index (κ2) is 7.01. The minimum atomic E-state index is -0.340. The smallest absolute Gasteiger partial charge is 0.317 e. The lowest BCUT2D eigenvalue weighted by Crippen LogP contribution is -2.55. The van der Waals surface area contributed by atoms with Gasteiger partial charge in [0, 0.05) is 37.5 Å². The average Bonchev–Trinajstić information content (AvgIpc) is 2.99. The lowest BCUT2D eigenvalue weighted by molar-refractivity contribution is 0.0581. The van der Waals surface area contributed by atoms with Crippen molar-refractivity contribution in [2.45, 2.75) is 24.6 Å². The number of likely N-dealkylation sites (tertiary alicyclic amines) is 1. The van der Waals surface area contributed by atoms with Crippen molar-refractivity contribution in [2.24, 2.45) is 0 Å². The number of nitrogens with one attached hydrogen (secondary N) is 1. The molecule has 3 rings (SSSR count). The number of carbonyl (C=O) groups is 2. The van der Waals surface area contributed by atoms with Crippen molar-refractivity contribution in [2.75, 3.05) is 31.9 Å². The monoisotopic (exact) mass is 351 g/mol. The molecule has 0 bridgehead atoms. The Morgan fingerprint density at radius 1 is 1.21 bits per heavy atom. The minimum Gasteiger partial charge on any atom is -0.338 e. The molecule has 2 saturated heterocycles. The summed E-state index contributed by atoms with van der Waals surface area (Å²) in [5.74, 6) is 0.507. The number of thioether (sulfide) groups is 1. The highest BCUT2D eigenvalue weighted by molar-refractivity contribution is 8.00. The number of halogens is 1. The van der Waals surface area contributed by atoms with Gasteiger partial charge < -0.3 is 15.1 Å². The molecule has 130 valence electrons. The summed E-state index contributed by atoms with van der Waals surface area (Å²) in [7, 11) is 0. The van der Waals surface area contributed by atoms with Gasteiger partial charge in [0.2, 0.25) is 0 Å². The van der Waals surface area contributed by atoms with Crippen molar-refractivity contribution in [1.29, 1.82) is 0 Å². The number of rotatable bonds is 2. The molecule has 0 aliphatic carbocycles. The van der Waals surface area contributed by atoms with Gasteiger partial charge in [-0.3, -0.25) is 4.79 Å². The summed E-state index contributed by atoms with van der Waals surface area (Å²) in [6.07, 6.45) is 1.53. The third-order valence-electron chi connectivity index (χ3n) is 4.67. The standard InChI is InChI=1S/C17H22FN3O2S/c1-2-19-16(23)20-9-7-17(8-10-20)21(11-12-24-17)15(22)13-3-5-14(18)6-4-13/h3-6H,2,7-12H2,1H3,(H,19,23). The number of urea groups is 1. The van der Waals surface area contributed by atoms with Gasteiger partial charge in [-0.15, -0.1) is 11.8 Å². The van der Waals surface area contributed by atoms with Gasteiger partial charge >= 0.3 is 6.03 Å². The molecule has 0 aromatic heterocycles. The molecule has 1 aromatic carbocycles. The number of carbonyl (C=O) groups excluding carboxylic acids is 2. The van der Waals surface area contributed by atoms with Crippen LogP contribution in [0.3, 0.4) is 0 Å². The molecule has 2 heterocycles. The minimum absolute atomic E-state index is 0.0354. The fourth-order valence-electron chi connectivity index (χ4n) is 3.38. The van der Waals surface area contributed by atoms with Crippen LogP contribution in [0.5, 0.6) is 0 Å². The Morgan fingerprint density at radius 3 is 2.50 bits per heavy atom. The van der Waals surface area contributed by atoms with Crippen LogP contribution in [0.25, 0.3) is 0 Å². The molecule has 1 spiro atoms. The Kier molecular flexibility index (Phi) is 4.99. The lowest BCUT2D eigenvalue weighted by atomic mass is 10.0. The van der Waals surface area contributed by atoms with Gasteiger partial charge in [0.1, 0.15) is 5.82 Å². The topological polar surface area (TPSA) is 52.7 Å². The highest BCUT2D eigenvalue weighted by atomic mass is 32.2. The van der Waals surface area contributed by atoms with Crippen molar-refractivity contribution >= 4 is 23.7 Å². The number of nitrogens with zero attached hydrogens (tertiary/aromatic N) is 2. The first-order chi connectivity index (χ1) is 11.6. The van der Waals surface area contributed by atoms with E-state index in [0.29, 0.717) is 31.7 Å². The molecule has 0 unspecified atom stereocenters. The average molecular weight is 351 g/mol. The third kappa shape index (κ3) is 3.22. The molecule has 2 aliphatic heterocycles. The summed E-state index contributed by atoms with van der Waals surface area (Å²) >= 11 is 1.80. The van der Waals surface area contributed by atoms with E-state index in [-0.39, 0.29) is 22.6 Å². The molecule has 24 heavy (non-hydrogen) atoms. The van der Waals surface area contributed by atoms with Crippen LogP contribution < -0.4 is 5.32 Å². The van der Waals surface area contributed by atoms with Crippen molar-refractivity contribution in [3.05, 3.63) is 35.6 Å². The fraction of sp³-hybridized carbons (Fsp3) is 0.529. The zero-order valence-electron chi connectivity index (χ0n) is 13.8. The Labute approximate surface area is 145 Å². The highest BCUT2D eigenvalue weighted by Crippen LogP contribution is 2.44. The van der Waals surface area contributed by atoms with Crippen LogP contribution in [0.4, 0.5) is 9.18 Å². The predicted octanol–water partition coefficient (Wildman–Crippen LogP) is 2.54. The van der Waals surface area contributed by atoms with E-state index in [4.69, 9.17) is 0 Å². The van der Waals surface area contributed by atoms with Gasteiger partial charge in [-0.2, -0.15) is 0 Å². The van der Waals surface area contributed by atoms with E-state index in [1.807, 2.05) is 16.7 Å². The van der Waals surface area contributed by atoms with Crippen molar-refractivity contribution in [3.63, 3.8) is 0 Å². The lowest BCUT2D eigenvalue weighted by Gasteiger charge is -2.44. The molecule has 3 amide bonds. The third-order valence-corrected chi connectivity index (χ3v) is 6.23. The van der Waals surface area contributed by atoms with Gasteiger partial charge in [-0.25, -0.2) is 9.18 Å². The summed E-state index contributed by atoms with van der Waals surface area (Å²) in [4.78, 5) is 28.3. The van der Waals surface area contributed by atoms with Crippen LogP contribution in [0.1, 0.15) is 30.1 Å². The molecule has 1 N–H and O–H groups in total. The molecule has 2 aliphatic rings. The fourth-order valence-corrected chi connectivity index (χ4v) is 4.84. The number of benzene rings is 1. The number of hydrogen-bond donors (Lipinski definition) is 1. The second-order valence-electron chi connectivity index (χ2n) is 6.08. The number of amides is 3. The van der Waals surface area contributed by atoms with Crippen molar-refractivity contribution < 1.29 is 14.0 Å². The van der Waals surface area contributed by atoms with E-state index in [1.165, 1.54) is 24.3 Å². The first kappa shape index (κ1) is 17.1. The highest BCUT2D eigenvalue weighted by Gasteiger charge is 2.47. The Bertz CT molecular complexity index is 615. The summed E-state index contributed by atoms with van der Waals surface area (Å²) < 4.78 is 13.1. The van der Waals surface area contributed by atoms with E-state index in [2.05, 4.69) is 5.32 Å².